The Hall–Kier alpha value is -2.11. The summed E-state index contributed by atoms with van der Waals surface area (Å²) in [5, 5.41) is 16.4. The molecule has 20 heavy (non-hydrogen) atoms. The van der Waals surface area contributed by atoms with E-state index in [1.165, 1.54) is 17.6 Å². The van der Waals surface area contributed by atoms with Gasteiger partial charge in [0, 0.05) is 11.8 Å². The molecule has 100 valence electrons. The largest absolute Gasteiger partial charge is 0.411 e. The number of thiophene rings is 1. The van der Waals surface area contributed by atoms with Crippen LogP contribution in [0.1, 0.15) is 5.56 Å². The molecule has 0 unspecified atom stereocenters. The average molecular weight is 304 g/mol. The lowest BCUT2D eigenvalue weighted by molar-refractivity contribution is 0.322. The maximum Gasteiger partial charge on any atom is 0.112 e. The molecule has 1 aromatic carbocycles. The second-order valence-corrected chi connectivity index (χ2v) is 5.78. The summed E-state index contributed by atoms with van der Waals surface area (Å²) in [5.74, 6) is 0. The van der Waals surface area contributed by atoms with Crippen LogP contribution in [0.5, 0.6) is 0 Å². The van der Waals surface area contributed by atoms with E-state index >= 15 is 0 Å². The van der Waals surface area contributed by atoms with Gasteiger partial charge >= 0.3 is 0 Å². The van der Waals surface area contributed by atoms with Crippen molar-refractivity contribution in [3.63, 3.8) is 0 Å². The summed E-state index contributed by atoms with van der Waals surface area (Å²) in [6.07, 6.45) is 3.19. The van der Waals surface area contributed by atoms with Gasteiger partial charge in [0.1, 0.15) is 5.69 Å². The number of nitrogens with zero attached hydrogens (tertiary/aromatic N) is 3. The summed E-state index contributed by atoms with van der Waals surface area (Å²) in [5.41, 5.74) is 2.41. The van der Waals surface area contributed by atoms with E-state index in [0.29, 0.717) is 4.34 Å². The predicted octanol–water partition coefficient (Wildman–Crippen LogP) is 4.06. The smallest absolute Gasteiger partial charge is 0.112 e. The van der Waals surface area contributed by atoms with Crippen LogP contribution in [0.4, 0.5) is 0 Å². The second kappa shape index (κ2) is 5.48. The first-order chi connectivity index (χ1) is 9.78. The van der Waals surface area contributed by atoms with E-state index in [-0.39, 0.29) is 0 Å². The first kappa shape index (κ1) is 12.9. The fraction of sp³-hybridized carbons (Fsp3) is 0. The highest BCUT2D eigenvalue weighted by Crippen LogP contribution is 2.32. The highest BCUT2D eigenvalue weighted by atomic mass is 35.5. The Bertz CT molecular complexity index is 749. The average Bonchev–Trinajstić information content (AvgIpc) is 3.07. The molecular weight excluding hydrogens is 294 g/mol. The van der Waals surface area contributed by atoms with Crippen molar-refractivity contribution in [3.05, 3.63) is 58.6 Å². The molecule has 3 aromatic rings. The fourth-order valence-electron chi connectivity index (χ4n) is 1.89. The van der Waals surface area contributed by atoms with Crippen LogP contribution in [0.3, 0.4) is 0 Å². The number of halogens is 1. The molecule has 0 amide bonds. The van der Waals surface area contributed by atoms with Gasteiger partial charge in [-0.3, -0.25) is 0 Å². The summed E-state index contributed by atoms with van der Waals surface area (Å²) in [7, 11) is 0. The summed E-state index contributed by atoms with van der Waals surface area (Å²) < 4.78 is 2.45. The molecule has 3 rings (SSSR count). The zero-order chi connectivity index (χ0) is 13.9. The van der Waals surface area contributed by atoms with Gasteiger partial charge in [-0.1, -0.05) is 35.0 Å². The predicted molar refractivity (Wildman–Crippen MR) is 81.3 cm³/mol. The fourth-order valence-corrected chi connectivity index (χ4v) is 2.94. The maximum absolute atomic E-state index is 8.79. The number of oxime groups is 1. The molecule has 0 aliphatic carbocycles. The molecule has 0 aliphatic heterocycles. The highest BCUT2D eigenvalue weighted by molar-refractivity contribution is 7.19. The van der Waals surface area contributed by atoms with Crippen LogP contribution < -0.4 is 0 Å². The van der Waals surface area contributed by atoms with Crippen LogP contribution in [-0.2, 0) is 0 Å². The van der Waals surface area contributed by atoms with Crippen LogP contribution in [0.15, 0.2) is 53.8 Å². The van der Waals surface area contributed by atoms with Crippen molar-refractivity contribution in [2.45, 2.75) is 0 Å². The Morgan fingerprint density at radius 3 is 2.65 bits per heavy atom. The third-order valence-corrected chi connectivity index (χ3v) is 4.00. The minimum Gasteiger partial charge on any atom is -0.411 e. The maximum atomic E-state index is 8.79. The van der Waals surface area contributed by atoms with Gasteiger partial charge in [-0.15, -0.1) is 11.3 Å². The van der Waals surface area contributed by atoms with Crippen molar-refractivity contribution < 1.29 is 5.21 Å². The van der Waals surface area contributed by atoms with Gasteiger partial charge in [0.15, 0.2) is 0 Å². The normalized spacial score (nSPS) is 11.2. The topological polar surface area (TPSA) is 50.4 Å². The van der Waals surface area contributed by atoms with Gasteiger partial charge < -0.3 is 5.21 Å². The van der Waals surface area contributed by atoms with E-state index in [2.05, 4.69) is 10.3 Å². The lowest BCUT2D eigenvalue weighted by Gasteiger charge is -1.99. The van der Waals surface area contributed by atoms with Crippen LogP contribution in [-0.4, -0.2) is 21.2 Å². The molecule has 0 atom stereocenters. The van der Waals surface area contributed by atoms with Gasteiger partial charge in [0.25, 0.3) is 0 Å². The monoisotopic (exact) mass is 303 g/mol. The molecule has 0 aliphatic rings. The summed E-state index contributed by atoms with van der Waals surface area (Å²) in [6, 6.07) is 13.5. The molecule has 4 nitrogen and oxygen atoms in total. The molecule has 2 heterocycles. The lowest BCUT2D eigenvalue weighted by Crippen LogP contribution is -1.93. The van der Waals surface area contributed by atoms with Crippen LogP contribution in [0.2, 0.25) is 4.34 Å². The van der Waals surface area contributed by atoms with E-state index in [1.54, 1.807) is 4.68 Å². The Labute approximate surface area is 124 Å². The molecule has 1 N–H and O–H groups in total. The number of para-hydroxylation sites is 1. The SMILES string of the molecule is ON=Cc1cn(-c2ccccc2)nc1-c1ccc(Cl)s1. The second-order valence-electron chi connectivity index (χ2n) is 4.06. The number of aromatic nitrogens is 2. The molecule has 6 heteroatoms. The molecule has 0 radical (unpaired) electrons. The molecular formula is C14H10ClN3OS. The van der Waals surface area contributed by atoms with Crippen molar-refractivity contribution in [1.29, 1.82) is 0 Å². The Balaban J connectivity index is 2.12. The van der Waals surface area contributed by atoms with Gasteiger partial charge in [-0.05, 0) is 24.3 Å². The molecule has 0 saturated carbocycles. The Kier molecular flexibility index (Phi) is 3.54. The van der Waals surface area contributed by atoms with Crippen molar-refractivity contribution in [1.82, 2.24) is 9.78 Å². The van der Waals surface area contributed by atoms with E-state index in [1.807, 2.05) is 48.7 Å². The van der Waals surface area contributed by atoms with Gasteiger partial charge in [0.2, 0.25) is 0 Å². The standard InChI is InChI=1S/C14H10ClN3OS/c15-13-7-6-12(20-13)14-10(8-16-19)9-18(17-14)11-4-2-1-3-5-11/h1-9,19H. The van der Waals surface area contributed by atoms with E-state index in [0.717, 1.165) is 21.8 Å². The first-order valence-electron chi connectivity index (χ1n) is 5.86. The Morgan fingerprint density at radius 2 is 2.00 bits per heavy atom. The van der Waals surface area contributed by atoms with Crippen molar-refractivity contribution in [2.24, 2.45) is 5.16 Å². The summed E-state index contributed by atoms with van der Waals surface area (Å²) in [6.45, 7) is 0. The summed E-state index contributed by atoms with van der Waals surface area (Å²) in [4.78, 5) is 0.930. The third-order valence-electron chi connectivity index (χ3n) is 2.77. The quantitative estimate of drug-likeness (QED) is 0.450. The lowest BCUT2D eigenvalue weighted by atomic mass is 10.2. The molecule has 2 aromatic heterocycles. The first-order valence-corrected chi connectivity index (χ1v) is 7.05. The molecule has 0 spiro atoms. The Morgan fingerprint density at radius 1 is 1.20 bits per heavy atom. The minimum atomic E-state index is 0.696. The van der Waals surface area contributed by atoms with E-state index in [4.69, 9.17) is 16.8 Å². The van der Waals surface area contributed by atoms with Gasteiger partial charge in [-0.2, -0.15) is 5.10 Å². The highest BCUT2D eigenvalue weighted by Gasteiger charge is 2.13. The van der Waals surface area contributed by atoms with E-state index < -0.39 is 0 Å². The van der Waals surface area contributed by atoms with E-state index in [9.17, 15) is 0 Å². The summed E-state index contributed by atoms with van der Waals surface area (Å²) >= 11 is 7.40. The minimum absolute atomic E-state index is 0.696. The molecule has 0 bridgehead atoms. The van der Waals surface area contributed by atoms with Crippen molar-refractivity contribution in [3.8, 4) is 16.3 Å². The molecule has 0 fully saturated rings. The number of rotatable bonds is 3. The van der Waals surface area contributed by atoms with Crippen LogP contribution in [0, 0.1) is 0 Å². The van der Waals surface area contributed by atoms with Crippen molar-refractivity contribution >= 4 is 29.2 Å². The van der Waals surface area contributed by atoms with Crippen LogP contribution >= 0.6 is 22.9 Å². The third kappa shape index (κ3) is 2.45. The number of hydrogen-bond donors (Lipinski definition) is 1. The van der Waals surface area contributed by atoms with Crippen molar-refractivity contribution in [2.75, 3.05) is 0 Å². The van der Waals surface area contributed by atoms with Gasteiger partial charge in [-0.25, -0.2) is 4.68 Å². The number of benzene rings is 1. The number of hydrogen-bond acceptors (Lipinski definition) is 4. The molecule has 0 saturated heterocycles. The zero-order valence-corrected chi connectivity index (χ0v) is 11.8. The van der Waals surface area contributed by atoms with Crippen LogP contribution in [0.25, 0.3) is 16.3 Å². The van der Waals surface area contributed by atoms with Gasteiger partial charge in [0.05, 0.1) is 21.1 Å². The zero-order valence-electron chi connectivity index (χ0n) is 10.3.